The summed E-state index contributed by atoms with van der Waals surface area (Å²) in [7, 11) is 0. The van der Waals surface area contributed by atoms with Crippen molar-refractivity contribution in [2.75, 3.05) is 13.1 Å². The number of aliphatic carboxylic acids is 1. The lowest BCUT2D eigenvalue weighted by Gasteiger charge is -2.22. The number of carbonyl (C=O) groups excluding carboxylic acids is 3. The van der Waals surface area contributed by atoms with E-state index in [-0.39, 0.29) is 24.8 Å². The van der Waals surface area contributed by atoms with Gasteiger partial charge in [-0.15, -0.1) is 0 Å². The van der Waals surface area contributed by atoms with Crippen molar-refractivity contribution < 1.29 is 24.3 Å². The second-order valence-electron chi connectivity index (χ2n) is 6.40. The summed E-state index contributed by atoms with van der Waals surface area (Å²) in [5.74, 6) is -2.78. The van der Waals surface area contributed by atoms with Crippen LogP contribution in [0.15, 0.2) is 0 Å². The average Bonchev–Trinajstić information content (AvgIpc) is 3.11. The number of nitrogens with two attached hydrogens (primary N) is 2. The average molecular weight is 371 g/mol. The normalized spacial score (nSPS) is 18.7. The number of carboxylic acid groups (broad SMARTS) is 1. The maximum atomic E-state index is 12.5. The molecule has 1 aliphatic rings. The van der Waals surface area contributed by atoms with Crippen LogP contribution >= 0.6 is 0 Å². The van der Waals surface area contributed by atoms with Gasteiger partial charge >= 0.3 is 5.97 Å². The predicted octanol–water partition coefficient (Wildman–Crippen LogP) is -1.81. The Kier molecular flexibility index (Phi) is 9.60. The Balaban J connectivity index is 2.69. The van der Waals surface area contributed by atoms with E-state index < -0.39 is 29.9 Å². The minimum atomic E-state index is -1.26. The molecule has 10 heteroatoms. The molecule has 1 heterocycles. The van der Waals surface area contributed by atoms with Gasteiger partial charge in [0, 0.05) is 6.42 Å². The molecule has 10 nitrogen and oxygen atoms in total. The number of nitrogens with one attached hydrogen (secondary N) is 3. The number of primary amides is 1. The van der Waals surface area contributed by atoms with E-state index in [0.717, 1.165) is 13.0 Å². The van der Waals surface area contributed by atoms with Crippen LogP contribution in [0.25, 0.3) is 0 Å². The molecular formula is C16H29N5O5. The van der Waals surface area contributed by atoms with Gasteiger partial charge in [-0.05, 0) is 51.6 Å². The first-order valence-corrected chi connectivity index (χ1v) is 8.90. The lowest BCUT2D eigenvalue weighted by molar-refractivity contribution is -0.142. The van der Waals surface area contributed by atoms with Crippen LogP contribution in [0, 0.1) is 0 Å². The van der Waals surface area contributed by atoms with E-state index in [1.54, 1.807) is 0 Å². The number of hydrogen-bond acceptors (Lipinski definition) is 6. The maximum absolute atomic E-state index is 12.5. The molecule has 26 heavy (non-hydrogen) atoms. The van der Waals surface area contributed by atoms with Gasteiger partial charge in [-0.1, -0.05) is 0 Å². The highest BCUT2D eigenvalue weighted by molar-refractivity contribution is 5.92. The minimum absolute atomic E-state index is 0.107. The second-order valence-corrected chi connectivity index (χ2v) is 6.40. The van der Waals surface area contributed by atoms with Gasteiger partial charge in [0.15, 0.2) is 0 Å². The largest absolute Gasteiger partial charge is 0.480 e. The smallest absolute Gasteiger partial charge is 0.326 e. The Morgan fingerprint density at radius 3 is 2.38 bits per heavy atom. The fraction of sp³-hybridized carbons (Fsp3) is 0.750. The number of carboxylic acids is 1. The van der Waals surface area contributed by atoms with Crippen molar-refractivity contribution in [2.24, 2.45) is 11.5 Å². The number of rotatable bonds is 12. The SMILES string of the molecule is NCCCC[C@H](NC(=O)[C@@H]1CCCN1)C(=O)N[C@@H](CCC(N)=O)C(=O)O. The molecule has 148 valence electrons. The third-order valence-corrected chi connectivity index (χ3v) is 4.25. The van der Waals surface area contributed by atoms with Crippen molar-refractivity contribution in [1.82, 2.24) is 16.0 Å². The van der Waals surface area contributed by atoms with Crippen LogP contribution in [0.2, 0.25) is 0 Å². The van der Waals surface area contributed by atoms with E-state index in [1.165, 1.54) is 0 Å². The van der Waals surface area contributed by atoms with Crippen molar-refractivity contribution in [2.45, 2.75) is 63.1 Å². The molecule has 3 atom stereocenters. The highest BCUT2D eigenvalue weighted by atomic mass is 16.4. The van der Waals surface area contributed by atoms with E-state index in [4.69, 9.17) is 11.5 Å². The summed E-state index contributed by atoms with van der Waals surface area (Å²) < 4.78 is 0. The Morgan fingerprint density at radius 2 is 1.85 bits per heavy atom. The molecule has 1 aliphatic heterocycles. The fourth-order valence-corrected chi connectivity index (χ4v) is 2.76. The van der Waals surface area contributed by atoms with Gasteiger partial charge < -0.3 is 32.5 Å². The summed E-state index contributed by atoms with van der Waals surface area (Å²) in [4.78, 5) is 46.9. The highest BCUT2D eigenvalue weighted by Gasteiger charge is 2.29. The molecule has 0 aromatic carbocycles. The first-order chi connectivity index (χ1) is 12.3. The monoisotopic (exact) mass is 371 g/mol. The summed E-state index contributed by atoms with van der Waals surface area (Å²) in [5.41, 5.74) is 10.5. The summed E-state index contributed by atoms with van der Waals surface area (Å²) in [6.07, 6.45) is 2.97. The first-order valence-electron chi connectivity index (χ1n) is 8.90. The maximum Gasteiger partial charge on any atom is 0.326 e. The van der Waals surface area contributed by atoms with Crippen LogP contribution in [0.4, 0.5) is 0 Å². The van der Waals surface area contributed by atoms with Gasteiger partial charge in [0.25, 0.3) is 0 Å². The second kappa shape index (κ2) is 11.4. The molecule has 3 amide bonds. The Labute approximate surface area is 152 Å². The van der Waals surface area contributed by atoms with Gasteiger partial charge in [-0.3, -0.25) is 14.4 Å². The molecule has 0 aliphatic carbocycles. The van der Waals surface area contributed by atoms with E-state index in [9.17, 15) is 24.3 Å². The van der Waals surface area contributed by atoms with E-state index in [0.29, 0.717) is 32.2 Å². The molecule has 0 radical (unpaired) electrons. The van der Waals surface area contributed by atoms with Crippen molar-refractivity contribution >= 4 is 23.7 Å². The summed E-state index contributed by atoms with van der Waals surface area (Å²) in [6.45, 7) is 1.21. The first kappa shape index (κ1) is 21.8. The van der Waals surface area contributed by atoms with E-state index >= 15 is 0 Å². The molecule has 0 bridgehead atoms. The number of hydrogen-bond donors (Lipinski definition) is 6. The van der Waals surface area contributed by atoms with Crippen molar-refractivity contribution in [1.29, 1.82) is 0 Å². The number of unbranched alkanes of at least 4 members (excludes halogenated alkanes) is 1. The molecule has 0 saturated carbocycles. The molecule has 0 aromatic rings. The Hall–Kier alpha value is -2.20. The molecule has 0 unspecified atom stereocenters. The van der Waals surface area contributed by atoms with Crippen LogP contribution in [-0.2, 0) is 19.2 Å². The predicted molar refractivity (Wildman–Crippen MR) is 93.9 cm³/mol. The Bertz CT molecular complexity index is 507. The van der Waals surface area contributed by atoms with Crippen molar-refractivity contribution in [3.8, 4) is 0 Å². The molecule has 1 saturated heterocycles. The van der Waals surface area contributed by atoms with Gasteiger partial charge in [0.05, 0.1) is 6.04 Å². The topological polar surface area (TPSA) is 177 Å². The molecule has 0 aromatic heterocycles. The summed E-state index contributed by atoms with van der Waals surface area (Å²) in [5, 5.41) is 17.3. The molecule has 0 spiro atoms. The summed E-state index contributed by atoms with van der Waals surface area (Å²) >= 11 is 0. The number of carbonyl (C=O) groups is 4. The zero-order valence-electron chi connectivity index (χ0n) is 14.8. The molecule has 8 N–H and O–H groups in total. The minimum Gasteiger partial charge on any atom is -0.480 e. The lowest BCUT2D eigenvalue weighted by Crippen LogP contribution is -2.54. The van der Waals surface area contributed by atoms with Gasteiger partial charge in [-0.25, -0.2) is 4.79 Å². The van der Waals surface area contributed by atoms with Gasteiger partial charge in [-0.2, -0.15) is 0 Å². The molecule has 1 rings (SSSR count). The van der Waals surface area contributed by atoms with Crippen molar-refractivity contribution in [3.63, 3.8) is 0 Å². The third kappa shape index (κ3) is 7.79. The zero-order chi connectivity index (χ0) is 19.5. The van der Waals surface area contributed by atoms with Crippen LogP contribution in [0.3, 0.4) is 0 Å². The van der Waals surface area contributed by atoms with E-state index in [2.05, 4.69) is 16.0 Å². The number of amides is 3. The van der Waals surface area contributed by atoms with Crippen LogP contribution in [0.1, 0.15) is 44.9 Å². The zero-order valence-corrected chi connectivity index (χ0v) is 14.8. The highest BCUT2D eigenvalue weighted by Crippen LogP contribution is 2.08. The fourth-order valence-electron chi connectivity index (χ4n) is 2.76. The standard InChI is InChI=1S/C16H29N5O5/c17-8-2-1-4-11(20-14(23)10-5-3-9-19-10)15(24)21-12(16(25)26)6-7-13(18)22/h10-12,19H,1-9,17H2,(H2,18,22)(H,20,23)(H,21,24)(H,25,26)/t10-,11-,12-/m0/s1. The Morgan fingerprint density at radius 1 is 1.12 bits per heavy atom. The molecule has 1 fully saturated rings. The quantitative estimate of drug-likeness (QED) is 0.219. The van der Waals surface area contributed by atoms with Crippen LogP contribution in [0.5, 0.6) is 0 Å². The van der Waals surface area contributed by atoms with Crippen molar-refractivity contribution in [3.05, 3.63) is 0 Å². The van der Waals surface area contributed by atoms with Gasteiger partial charge in [0.2, 0.25) is 17.7 Å². The summed E-state index contributed by atoms with van der Waals surface area (Å²) in [6, 6.07) is -2.44. The molecular weight excluding hydrogens is 342 g/mol. The van der Waals surface area contributed by atoms with Gasteiger partial charge in [0.1, 0.15) is 12.1 Å². The van der Waals surface area contributed by atoms with E-state index in [1.807, 2.05) is 0 Å². The van der Waals surface area contributed by atoms with Crippen LogP contribution < -0.4 is 27.4 Å². The lowest BCUT2D eigenvalue weighted by atomic mass is 10.1. The van der Waals surface area contributed by atoms with Crippen LogP contribution in [-0.4, -0.2) is 60.0 Å². The third-order valence-electron chi connectivity index (χ3n) is 4.25.